The Morgan fingerprint density at radius 3 is 2.24 bits per heavy atom. The lowest BCUT2D eigenvalue weighted by Gasteiger charge is -2.37. The van der Waals surface area contributed by atoms with Gasteiger partial charge in [-0.3, -0.25) is 15.0 Å². The molecule has 0 radical (unpaired) electrons. The third kappa shape index (κ3) is 9.30. The molecule has 5 rings (SSSR count). The molecule has 0 bridgehead atoms. The summed E-state index contributed by atoms with van der Waals surface area (Å²) < 4.78 is 45.9. The number of likely N-dealkylation sites (tertiary alicyclic amines) is 1. The van der Waals surface area contributed by atoms with Gasteiger partial charge in [0, 0.05) is 75.7 Å². The Morgan fingerprint density at radius 1 is 0.956 bits per heavy atom. The number of nitro benzene ring substituents is 1. The van der Waals surface area contributed by atoms with Crippen molar-refractivity contribution >= 4 is 34.3 Å². The number of ether oxygens (including phenoxy) is 1. The highest BCUT2D eigenvalue weighted by Gasteiger charge is 2.38. The Bertz CT molecular complexity index is 1410. The lowest BCUT2D eigenvalue weighted by molar-refractivity contribution is -0.388. The second-order valence-electron chi connectivity index (χ2n) is 11.1. The number of benzene rings is 3. The number of nitrogens with zero attached hydrogens (tertiary/aromatic N) is 4. The minimum absolute atomic E-state index is 0. The summed E-state index contributed by atoms with van der Waals surface area (Å²) in [6, 6.07) is 21.4. The zero-order valence-corrected chi connectivity index (χ0v) is 25.2. The minimum Gasteiger partial charge on any atom is -0.489 e. The SMILES string of the molecule is C.O=[N+]([O-])c1ccc(NC2CCN(C(=S)CCN3CCN(c4ccc(OCc5ccccc5)cc4)CC3)CC2)cc1C(F)(F)F. The van der Waals surface area contributed by atoms with Crippen LogP contribution >= 0.6 is 12.2 Å². The molecule has 2 fully saturated rings. The van der Waals surface area contributed by atoms with E-state index in [0.717, 1.165) is 67.6 Å². The number of anilines is 2. The van der Waals surface area contributed by atoms with Gasteiger partial charge in [-0.15, -0.1) is 0 Å². The van der Waals surface area contributed by atoms with Gasteiger partial charge in [0.2, 0.25) is 0 Å². The van der Waals surface area contributed by atoms with Crippen LogP contribution in [0.4, 0.5) is 30.2 Å². The van der Waals surface area contributed by atoms with Crippen LogP contribution in [0.25, 0.3) is 0 Å². The van der Waals surface area contributed by atoms with E-state index < -0.39 is 22.4 Å². The summed E-state index contributed by atoms with van der Waals surface area (Å²) >= 11 is 5.74. The van der Waals surface area contributed by atoms with Gasteiger partial charge in [-0.2, -0.15) is 13.2 Å². The number of halogens is 3. The summed E-state index contributed by atoms with van der Waals surface area (Å²) in [4.78, 5) is 17.9. The molecule has 242 valence electrons. The molecule has 0 aromatic heterocycles. The normalized spacial score (nSPS) is 16.2. The molecule has 0 aliphatic carbocycles. The number of hydrogen-bond donors (Lipinski definition) is 1. The summed E-state index contributed by atoms with van der Waals surface area (Å²) in [5.41, 5.74) is 0.374. The molecule has 0 unspecified atom stereocenters. The molecule has 2 saturated heterocycles. The van der Waals surface area contributed by atoms with E-state index in [2.05, 4.69) is 32.1 Å². The smallest absolute Gasteiger partial charge is 0.423 e. The Kier molecular flexibility index (Phi) is 11.6. The molecule has 0 spiro atoms. The van der Waals surface area contributed by atoms with Crippen molar-refractivity contribution in [3.8, 4) is 5.75 Å². The van der Waals surface area contributed by atoms with Crippen molar-refractivity contribution in [3.63, 3.8) is 0 Å². The predicted molar refractivity (Wildman–Crippen MR) is 176 cm³/mol. The van der Waals surface area contributed by atoms with Crippen molar-refractivity contribution in [2.45, 2.75) is 45.5 Å². The van der Waals surface area contributed by atoms with E-state index in [0.29, 0.717) is 32.5 Å². The molecule has 2 heterocycles. The minimum atomic E-state index is -4.80. The van der Waals surface area contributed by atoms with Gasteiger partial charge in [-0.25, -0.2) is 0 Å². The largest absolute Gasteiger partial charge is 0.489 e. The van der Waals surface area contributed by atoms with Crippen molar-refractivity contribution < 1.29 is 22.8 Å². The van der Waals surface area contributed by atoms with Crippen LogP contribution in [0.3, 0.4) is 0 Å². The molecule has 2 aliphatic rings. The number of hydrogen-bond acceptors (Lipinski definition) is 7. The number of piperidine rings is 1. The summed E-state index contributed by atoms with van der Waals surface area (Å²) in [6.45, 7) is 6.65. The number of rotatable bonds is 10. The van der Waals surface area contributed by atoms with Crippen molar-refractivity contribution in [1.82, 2.24) is 9.80 Å². The summed E-state index contributed by atoms with van der Waals surface area (Å²) in [5.74, 6) is 0.853. The lowest BCUT2D eigenvalue weighted by Crippen LogP contribution is -2.48. The first-order chi connectivity index (χ1) is 21.2. The molecule has 45 heavy (non-hydrogen) atoms. The van der Waals surface area contributed by atoms with Gasteiger partial charge < -0.3 is 19.9 Å². The Hall–Kier alpha value is -3.90. The van der Waals surface area contributed by atoms with E-state index >= 15 is 0 Å². The molecule has 8 nitrogen and oxygen atoms in total. The highest BCUT2D eigenvalue weighted by Crippen LogP contribution is 2.38. The standard InChI is InChI=1S/C32H36F3N5O3S.CH4/c33-32(34,35)29-22-26(6-11-30(29)40(41)42)36-25-12-16-39(17-13-25)31(44)14-15-37-18-20-38(21-19-37)27-7-9-28(10-8-27)43-23-24-4-2-1-3-5-24;/h1-11,22,25,36H,12-21,23H2;1H4. The van der Waals surface area contributed by atoms with Gasteiger partial charge >= 0.3 is 6.18 Å². The number of alkyl halides is 3. The third-order valence-corrected chi connectivity index (χ3v) is 8.64. The maximum Gasteiger partial charge on any atom is 0.423 e. The molecule has 12 heteroatoms. The third-order valence-electron chi connectivity index (χ3n) is 8.18. The molecule has 3 aromatic rings. The summed E-state index contributed by atoms with van der Waals surface area (Å²) in [5, 5.41) is 14.1. The molecule has 3 aromatic carbocycles. The van der Waals surface area contributed by atoms with Crippen LogP contribution in [0.2, 0.25) is 0 Å². The van der Waals surface area contributed by atoms with E-state index in [-0.39, 0.29) is 19.2 Å². The van der Waals surface area contributed by atoms with Crippen molar-refractivity contribution in [2.75, 3.05) is 56.0 Å². The van der Waals surface area contributed by atoms with Crippen molar-refractivity contribution in [2.24, 2.45) is 0 Å². The molecule has 0 amide bonds. The quantitative estimate of drug-likeness (QED) is 0.141. The number of nitro groups is 1. The maximum absolute atomic E-state index is 13.3. The van der Waals surface area contributed by atoms with Crippen LogP contribution < -0.4 is 15.0 Å². The van der Waals surface area contributed by atoms with Crippen LogP contribution in [0.1, 0.15) is 37.8 Å². The Balaban J connectivity index is 0.00000461. The summed E-state index contributed by atoms with van der Waals surface area (Å²) in [6.07, 6.45) is -2.58. The van der Waals surface area contributed by atoms with Gasteiger partial charge in [0.15, 0.2) is 0 Å². The molecule has 1 N–H and O–H groups in total. The Labute approximate surface area is 267 Å². The van der Waals surface area contributed by atoms with Gasteiger partial charge in [0.25, 0.3) is 5.69 Å². The maximum atomic E-state index is 13.3. The van der Waals surface area contributed by atoms with Crippen LogP contribution in [0, 0.1) is 10.1 Å². The Morgan fingerprint density at radius 2 is 1.62 bits per heavy atom. The zero-order valence-electron chi connectivity index (χ0n) is 24.3. The van der Waals surface area contributed by atoms with Gasteiger partial charge in [-0.05, 0) is 54.8 Å². The fourth-order valence-electron chi connectivity index (χ4n) is 5.66. The topological polar surface area (TPSA) is 74.1 Å². The average Bonchev–Trinajstić information content (AvgIpc) is 3.03. The molecule has 2 aliphatic heterocycles. The number of piperazine rings is 1. The zero-order chi connectivity index (χ0) is 31.1. The number of nitrogens with one attached hydrogen (secondary N) is 1. The highest BCUT2D eigenvalue weighted by molar-refractivity contribution is 7.80. The van der Waals surface area contributed by atoms with Gasteiger partial charge in [0.1, 0.15) is 17.9 Å². The monoisotopic (exact) mass is 643 g/mol. The number of thiocarbonyl (C=S) groups is 1. The molecular weight excluding hydrogens is 603 g/mol. The van der Waals surface area contributed by atoms with Gasteiger partial charge in [0.05, 0.1) is 9.91 Å². The van der Waals surface area contributed by atoms with Crippen LogP contribution in [-0.4, -0.2) is 71.6 Å². The molecule has 0 atom stereocenters. The first-order valence-corrected chi connectivity index (χ1v) is 15.2. The van der Waals surface area contributed by atoms with Gasteiger partial charge in [-0.1, -0.05) is 50.0 Å². The average molecular weight is 644 g/mol. The van der Waals surface area contributed by atoms with Crippen LogP contribution in [0.5, 0.6) is 5.75 Å². The highest BCUT2D eigenvalue weighted by atomic mass is 32.1. The summed E-state index contributed by atoms with van der Waals surface area (Å²) in [7, 11) is 0. The van der Waals surface area contributed by atoms with E-state index in [9.17, 15) is 23.3 Å². The van der Waals surface area contributed by atoms with E-state index in [4.69, 9.17) is 17.0 Å². The van der Waals surface area contributed by atoms with E-state index in [1.807, 2.05) is 42.5 Å². The fraction of sp³-hybridized carbons (Fsp3) is 0.424. The second-order valence-corrected chi connectivity index (χ2v) is 11.6. The molecular formula is C33H40F3N5O3S. The van der Waals surface area contributed by atoms with E-state index in [1.165, 1.54) is 11.8 Å². The van der Waals surface area contributed by atoms with E-state index in [1.54, 1.807) is 0 Å². The first-order valence-electron chi connectivity index (χ1n) is 14.8. The lowest BCUT2D eigenvalue weighted by atomic mass is 10.0. The van der Waals surface area contributed by atoms with Crippen molar-refractivity contribution in [3.05, 3.63) is 94.0 Å². The first kappa shape index (κ1) is 34.0. The predicted octanol–water partition coefficient (Wildman–Crippen LogP) is 7.24. The van der Waals surface area contributed by atoms with Crippen LogP contribution in [-0.2, 0) is 12.8 Å². The fourth-order valence-corrected chi connectivity index (χ4v) is 5.93. The van der Waals surface area contributed by atoms with Crippen molar-refractivity contribution in [1.29, 1.82) is 0 Å². The second kappa shape index (κ2) is 15.4. The van der Waals surface area contributed by atoms with Crippen LogP contribution in [0.15, 0.2) is 72.8 Å². The molecule has 0 saturated carbocycles.